The standard InChI is InChI=1S/C17H16Cl2F2O4/c18-14-9-11(22)10-15(19)16(14)24-8-2-1-7-23-12-3-5-13(6-4-12)25-17(20)21/h3-6,9-10,17,22H,1-2,7-8H2. The van der Waals surface area contributed by atoms with Crippen LogP contribution in [-0.4, -0.2) is 24.9 Å². The molecule has 2 aromatic carbocycles. The van der Waals surface area contributed by atoms with Gasteiger partial charge in [-0.05, 0) is 37.1 Å². The lowest BCUT2D eigenvalue weighted by Crippen LogP contribution is -2.04. The Bertz CT molecular complexity index is 658. The normalized spacial score (nSPS) is 10.8. The van der Waals surface area contributed by atoms with E-state index < -0.39 is 6.61 Å². The van der Waals surface area contributed by atoms with E-state index in [4.69, 9.17) is 32.7 Å². The molecule has 0 spiro atoms. The Morgan fingerprint density at radius 3 is 1.96 bits per heavy atom. The van der Waals surface area contributed by atoms with Crippen molar-refractivity contribution >= 4 is 23.2 Å². The van der Waals surface area contributed by atoms with Gasteiger partial charge >= 0.3 is 6.61 Å². The van der Waals surface area contributed by atoms with Crippen molar-refractivity contribution in [1.29, 1.82) is 0 Å². The van der Waals surface area contributed by atoms with E-state index in [1.54, 1.807) is 12.1 Å². The lowest BCUT2D eigenvalue weighted by molar-refractivity contribution is -0.0498. The Morgan fingerprint density at radius 2 is 1.40 bits per heavy atom. The molecule has 1 N–H and O–H groups in total. The van der Waals surface area contributed by atoms with Gasteiger partial charge in [-0.25, -0.2) is 0 Å². The van der Waals surface area contributed by atoms with Crippen molar-refractivity contribution in [2.75, 3.05) is 13.2 Å². The van der Waals surface area contributed by atoms with Gasteiger partial charge < -0.3 is 19.3 Å². The zero-order valence-electron chi connectivity index (χ0n) is 13.1. The van der Waals surface area contributed by atoms with Crippen molar-refractivity contribution in [3.63, 3.8) is 0 Å². The number of alkyl halides is 2. The highest BCUT2D eigenvalue weighted by molar-refractivity contribution is 6.37. The summed E-state index contributed by atoms with van der Waals surface area (Å²) in [6, 6.07) is 8.66. The second kappa shape index (κ2) is 9.53. The number of rotatable bonds is 9. The highest BCUT2D eigenvalue weighted by Gasteiger charge is 2.09. The summed E-state index contributed by atoms with van der Waals surface area (Å²) in [5.74, 6) is 0.947. The molecular formula is C17H16Cl2F2O4. The fourth-order valence-electron chi connectivity index (χ4n) is 1.97. The summed E-state index contributed by atoms with van der Waals surface area (Å²) < 4.78 is 39.3. The van der Waals surface area contributed by atoms with Gasteiger partial charge in [0.05, 0.1) is 23.3 Å². The molecule has 0 unspecified atom stereocenters. The van der Waals surface area contributed by atoms with Gasteiger partial charge in [0.15, 0.2) is 5.75 Å². The van der Waals surface area contributed by atoms with Crippen LogP contribution in [0.1, 0.15) is 12.8 Å². The number of hydrogen-bond acceptors (Lipinski definition) is 4. The topological polar surface area (TPSA) is 47.9 Å². The summed E-state index contributed by atoms with van der Waals surface area (Å²) in [5, 5.41) is 9.83. The third-order valence-corrected chi connectivity index (χ3v) is 3.65. The third-order valence-electron chi connectivity index (χ3n) is 3.09. The van der Waals surface area contributed by atoms with Crippen LogP contribution in [0.25, 0.3) is 0 Å². The second-order valence-electron chi connectivity index (χ2n) is 4.99. The summed E-state index contributed by atoms with van der Waals surface area (Å²) in [4.78, 5) is 0. The van der Waals surface area contributed by atoms with E-state index in [1.807, 2.05) is 0 Å². The highest BCUT2D eigenvalue weighted by Crippen LogP contribution is 2.36. The smallest absolute Gasteiger partial charge is 0.387 e. The quantitative estimate of drug-likeness (QED) is 0.569. The first-order chi connectivity index (χ1) is 12.0. The van der Waals surface area contributed by atoms with Crippen molar-refractivity contribution < 1.29 is 28.1 Å². The molecule has 0 aliphatic rings. The van der Waals surface area contributed by atoms with E-state index in [2.05, 4.69) is 4.74 Å². The first-order valence-electron chi connectivity index (χ1n) is 7.44. The zero-order valence-corrected chi connectivity index (χ0v) is 14.6. The zero-order chi connectivity index (χ0) is 18.2. The van der Waals surface area contributed by atoms with Gasteiger partial charge in [0.2, 0.25) is 0 Å². The summed E-state index contributed by atoms with van der Waals surface area (Å²) >= 11 is 11.9. The lowest BCUT2D eigenvalue weighted by Gasteiger charge is -2.11. The molecule has 0 heterocycles. The van der Waals surface area contributed by atoms with Crippen LogP contribution in [0.3, 0.4) is 0 Å². The molecule has 8 heteroatoms. The van der Waals surface area contributed by atoms with Crippen LogP contribution < -0.4 is 14.2 Å². The molecule has 0 aliphatic heterocycles. The molecule has 0 amide bonds. The fourth-order valence-corrected chi connectivity index (χ4v) is 2.55. The van der Waals surface area contributed by atoms with Crippen LogP contribution in [-0.2, 0) is 0 Å². The molecule has 0 atom stereocenters. The van der Waals surface area contributed by atoms with Gasteiger partial charge in [-0.15, -0.1) is 0 Å². The Hall–Kier alpha value is -1.92. The van der Waals surface area contributed by atoms with Gasteiger partial charge in [0.25, 0.3) is 0 Å². The SMILES string of the molecule is Oc1cc(Cl)c(OCCCCOc2ccc(OC(F)F)cc2)c(Cl)c1. The molecule has 4 nitrogen and oxygen atoms in total. The number of halogens is 4. The van der Waals surface area contributed by atoms with Gasteiger partial charge in [-0.1, -0.05) is 23.2 Å². The monoisotopic (exact) mass is 392 g/mol. The van der Waals surface area contributed by atoms with Gasteiger partial charge in [-0.3, -0.25) is 0 Å². The van der Waals surface area contributed by atoms with Crippen molar-refractivity contribution in [2.45, 2.75) is 19.5 Å². The summed E-state index contributed by atoms with van der Waals surface area (Å²) in [7, 11) is 0. The van der Waals surface area contributed by atoms with E-state index in [0.717, 1.165) is 0 Å². The van der Waals surface area contributed by atoms with Crippen molar-refractivity contribution in [3.8, 4) is 23.0 Å². The molecule has 136 valence electrons. The average Bonchev–Trinajstić information content (AvgIpc) is 2.53. The number of hydrogen-bond donors (Lipinski definition) is 1. The molecule has 0 aliphatic carbocycles. The van der Waals surface area contributed by atoms with E-state index in [1.165, 1.54) is 24.3 Å². The number of benzene rings is 2. The number of unbranched alkanes of at least 4 members (excludes halogenated alkanes) is 1. The Balaban J connectivity index is 1.67. The van der Waals surface area contributed by atoms with E-state index in [0.29, 0.717) is 37.6 Å². The molecule has 2 rings (SSSR count). The fraction of sp³-hybridized carbons (Fsp3) is 0.294. The maximum atomic E-state index is 12.0. The van der Waals surface area contributed by atoms with Crippen LogP contribution in [0.2, 0.25) is 10.0 Å². The lowest BCUT2D eigenvalue weighted by atomic mass is 10.3. The minimum Gasteiger partial charge on any atom is -0.508 e. The van der Waals surface area contributed by atoms with Crippen molar-refractivity contribution in [3.05, 3.63) is 46.4 Å². The van der Waals surface area contributed by atoms with Crippen LogP contribution >= 0.6 is 23.2 Å². The summed E-state index contributed by atoms with van der Waals surface area (Å²) in [6.45, 7) is -2.02. The van der Waals surface area contributed by atoms with Crippen LogP contribution in [0.15, 0.2) is 36.4 Å². The molecule has 25 heavy (non-hydrogen) atoms. The molecule has 0 saturated heterocycles. The number of phenolic OH excluding ortho intramolecular Hbond substituents is 1. The maximum Gasteiger partial charge on any atom is 0.387 e. The predicted octanol–water partition coefficient (Wildman–Crippen LogP) is 5.54. The van der Waals surface area contributed by atoms with Crippen molar-refractivity contribution in [1.82, 2.24) is 0 Å². The second-order valence-corrected chi connectivity index (χ2v) is 5.81. The van der Waals surface area contributed by atoms with E-state index >= 15 is 0 Å². The van der Waals surface area contributed by atoms with Crippen LogP contribution in [0, 0.1) is 0 Å². The molecular weight excluding hydrogens is 377 g/mol. The molecule has 0 saturated carbocycles. The van der Waals surface area contributed by atoms with Gasteiger partial charge in [-0.2, -0.15) is 8.78 Å². The average molecular weight is 393 g/mol. The minimum atomic E-state index is -2.85. The largest absolute Gasteiger partial charge is 0.508 e. The number of phenols is 1. The summed E-state index contributed by atoms with van der Waals surface area (Å²) in [6.07, 6.45) is 1.41. The van der Waals surface area contributed by atoms with E-state index in [-0.39, 0.29) is 21.5 Å². The van der Waals surface area contributed by atoms with Crippen LogP contribution in [0.4, 0.5) is 8.78 Å². The van der Waals surface area contributed by atoms with Crippen molar-refractivity contribution in [2.24, 2.45) is 0 Å². The molecule has 2 aromatic rings. The molecule has 0 aromatic heterocycles. The van der Waals surface area contributed by atoms with Crippen LogP contribution in [0.5, 0.6) is 23.0 Å². The molecule has 0 radical (unpaired) electrons. The number of aromatic hydroxyl groups is 1. The molecule has 0 bridgehead atoms. The van der Waals surface area contributed by atoms with Gasteiger partial charge in [0, 0.05) is 12.1 Å². The highest BCUT2D eigenvalue weighted by atomic mass is 35.5. The van der Waals surface area contributed by atoms with Gasteiger partial charge in [0.1, 0.15) is 17.2 Å². The Kier molecular flexibility index (Phi) is 7.40. The third kappa shape index (κ3) is 6.48. The Labute approximate surface area is 153 Å². The maximum absolute atomic E-state index is 12.0. The first kappa shape index (κ1) is 19.4. The number of ether oxygens (including phenoxy) is 3. The minimum absolute atomic E-state index is 0.0271. The Morgan fingerprint density at radius 1 is 0.880 bits per heavy atom. The predicted molar refractivity (Wildman–Crippen MR) is 91.4 cm³/mol. The first-order valence-corrected chi connectivity index (χ1v) is 8.20. The molecule has 0 fully saturated rings. The van der Waals surface area contributed by atoms with E-state index in [9.17, 15) is 13.9 Å². The summed E-state index contributed by atoms with van der Waals surface area (Å²) in [5.41, 5.74) is 0.